The molecule has 3 rings (SSSR count). The Kier molecular flexibility index (Phi) is 3.85. The van der Waals surface area contributed by atoms with Crippen molar-refractivity contribution >= 4 is 0 Å². The largest absolute Gasteiger partial charge is 0.392 e. The number of rotatable bonds is 2. The first-order valence-corrected chi connectivity index (χ1v) is 8.08. The third-order valence-electron chi connectivity index (χ3n) is 5.72. The summed E-state index contributed by atoms with van der Waals surface area (Å²) < 4.78 is 6.48. The highest BCUT2D eigenvalue weighted by Crippen LogP contribution is 2.52. The predicted octanol–water partition coefficient (Wildman–Crippen LogP) is 2.58. The number of likely N-dealkylation sites (tertiary alicyclic amines) is 1. The summed E-state index contributed by atoms with van der Waals surface area (Å²) in [6.45, 7) is 6.21. The summed E-state index contributed by atoms with van der Waals surface area (Å²) in [5.41, 5.74) is 0.874. The van der Waals surface area contributed by atoms with Gasteiger partial charge in [0, 0.05) is 18.5 Å². The van der Waals surface area contributed by atoms with Crippen LogP contribution in [-0.2, 0) is 10.2 Å². The number of aliphatic hydroxyl groups excluding tert-OH is 1. The Morgan fingerprint density at radius 1 is 1.24 bits per heavy atom. The fourth-order valence-corrected chi connectivity index (χ4v) is 4.33. The molecule has 1 aromatic rings. The van der Waals surface area contributed by atoms with Gasteiger partial charge in [-0.2, -0.15) is 0 Å². The van der Waals surface area contributed by atoms with Gasteiger partial charge in [-0.05, 0) is 45.7 Å². The molecule has 3 heteroatoms. The highest BCUT2D eigenvalue weighted by Gasteiger charge is 2.57. The maximum atomic E-state index is 10.6. The zero-order valence-corrected chi connectivity index (χ0v) is 13.4. The molecular weight excluding hydrogens is 262 g/mol. The zero-order valence-electron chi connectivity index (χ0n) is 13.4. The molecule has 1 unspecified atom stereocenters. The minimum Gasteiger partial charge on any atom is -0.392 e. The molecule has 2 aliphatic rings. The summed E-state index contributed by atoms with van der Waals surface area (Å²) in [6, 6.07) is 10.4. The van der Waals surface area contributed by atoms with Gasteiger partial charge < -0.3 is 14.7 Å². The Labute approximate surface area is 127 Å². The molecule has 0 radical (unpaired) electrons. The van der Waals surface area contributed by atoms with Crippen LogP contribution in [0.15, 0.2) is 30.3 Å². The van der Waals surface area contributed by atoms with Gasteiger partial charge in [0.15, 0.2) is 0 Å². The highest BCUT2D eigenvalue weighted by molar-refractivity contribution is 5.32. The third kappa shape index (κ3) is 2.41. The SMILES string of the molecule is CC(O)[C@@]1(c2ccccc2)CC2(CCN(C)CC2)O[C@H]1C. The van der Waals surface area contributed by atoms with Gasteiger partial charge in [-0.15, -0.1) is 0 Å². The molecule has 3 nitrogen and oxygen atoms in total. The molecule has 1 N–H and O–H groups in total. The third-order valence-corrected chi connectivity index (χ3v) is 5.72. The van der Waals surface area contributed by atoms with Gasteiger partial charge in [0.05, 0.1) is 17.8 Å². The van der Waals surface area contributed by atoms with Crippen LogP contribution in [0.3, 0.4) is 0 Å². The van der Waals surface area contributed by atoms with Crippen molar-refractivity contribution in [3.8, 4) is 0 Å². The van der Waals surface area contributed by atoms with Crippen LogP contribution in [0, 0.1) is 0 Å². The number of ether oxygens (including phenoxy) is 1. The van der Waals surface area contributed by atoms with Gasteiger partial charge in [-0.1, -0.05) is 30.3 Å². The second kappa shape index (κ2) is 5.38. The average Bonchev–Trinajstić information content (AvgIpc) is 2.77. The van der Waals surface area contributed by atoms with Crippen LogP contribution >= 0.6 is 0 Å². The van der Waals surface area contributed by atoms with Crippen molar-refractivity contribution in [2.24, 2.45) is 0 Å². The molecule has 2 fully saturated rings. The minimum absolute atomic E-state index is 0.0447. The molecule has 0 saturated carbocycles. The van der Waals surface area contributed by atoms with E-state index in [9.17, 15) is 5.11 Å². The minimum atomic E-state index is -0.408. The molecule has 116 valence electrons. The molecule has 3 atom stereocenters. The second-order valence-electron chi connectivity index (χ2n) is 7.01. The lowest BCUT2D eigenvalue weighted by Crippen LogP contribution is -2.45. The van der Waals surface area contributed by atoms with Crippen molar-refractivity contribution in [3.05, 3.63) is 35.9 Å². The van der Waals surface area contributed by atoms with Gasteiger partial charge >= 0.3 is 0 Å². The molecular formula is C18H27NO2. The van der Waals surface area contributed by atoms with Gasteiger partial charge in [-0.25, -0.2) is 0 Å². The molecule has 0 aliphatic carbocycles. The topological polar surface area (TPSA) is 32.7 Å². The van der Waals surface area contributed by atoms with E-state index < -0.39 is 6.10 Å². The van der Waals surface area contributed by atoms with Crippen molar-refractivity contribution in [3.63, 3.8) is 0 Å². The van der Waals surface area contributed by atoms with E-state index in [2.05, 4.69) is 43.1 Å². The predicted molar refractivity (Wildman–Crippen MR) is 84.4 cm³/mol. The number of hydrogen-bond donors (Lipinski definition) is 1. The summed E-state index contributed by atoms with van der Waals surface area (Å²) in [7, 11) is 2.17. The van der Waals surface area contributed by atoms with E-state index in [-0.39, 0.29) is 17.1 Å². The van der Waals surface area contributed by atoms with E-state index >= 15 is 0 Å². The van der Waals surface area contributed by atoms with Crippen LogP contribution in [0.5, 0.6) is 0 Å². The normalized spacial score (nSPS) is 34.2. The van der Waals surface area contributed by atoms with Crippen LogP contribution in [-0.4, -0.2) is 48.0 Å². The summed E-state index contributed by atoms with van der Waals surface area (Å²) in [6.07, 6.45) is 2.69. The number of aliphatic hydroxyl groups is 1. The summed E-state index contributed by atoms with van der Waals surface area (Å²) in [5, 5.41) is 10.6. The van der Waals surface area contributed by atoms with Crippen molar-refractivity contribution in [1.82, 2.24) is 4.90 Å². The molecule has 2 aliphatic heterocycles. The molecule has 0 aromatic heterocycles. The Hall–Kier alpha value is -0.900. The molecule has 1 aromatic carbocycles. The van der Waals surface area contributed by atoms with Crippen LogP contribution in [0.1, 0.15) is 38.7 Å². The van der Waals surface area contributed by atoms with Crippen LogP contribution in [0.4, 0.5) is 0 Å². The maximum absolute atomic E-state index is 10.6. The standard InChI is InChI=1S/C18H27NO2/c1-14(20)18(16-7-5-4-6-8-16)13-17(21-15(18)2)9-11-19(3)12-10-17/h4-8,14-15,20H,9-13H2,1-3H3/t14?,15-,18-/m0/s1. The Morgan fingerprint density at radius 2 is 1.86 bits per heavy atom. The fraction of sp³-hybridized carbons (Fsp3) is 0.667. The van der Waals surface area contributed by atoms with Gasteiger partial charge in [-0.3, -0.25) is 0 Å². The first kappa shape index (κ1) is 15.0. The smallest absolute Gasteiger partial charge is 0.0721 e. The van der Waals surface area contributed by atoms with E-state index in [1.807, 2.05) is 13.0 Å². The number of nitrogens with zero attached hydrogens (tertiary/aromatic N) is 1. The van der Waals surface area contributed by atoms with Gasteiger partial charge in [0.1, 0.15) is 0 Å². The maximum Gasteiger partial charge on any atom is 0.0721 e. The van der Waals surface area contributed by atoms with Gasteiger partial charge in [0.2, 0.25) is 0 Å². The van der Waals surface area contributed by atoms with Crippen molar-refractivity contribution in [2.75, 3.05) is 20.1 Å². The first-order chi connectivity index (χ1) is 9.98. The lowest BCUT2D eigenvalue weighted by atomic mass is 9.67. The van der Waals surface area contributed by atoms with Crippen molar-refractivity contribution in [2.45, 2.75) is 56.3 Å². The number of piperidine rings is 1. The first-order valence-electron chi connectivity index (χ1n) is 8.08. The lowest BCUT2D eigenvalue weighted by Gasteiger charge is -2.39. The van der Waals surface area contributed by atoms with Crippen LogP contribution < -0.4 is 0 Å². The molecule has 21 heavy (non-hydrogen) atoms. The lowest BCUT2D eigenvalue weighted by molar-refractivity contribution is -0.0753. The Bertz CT molecular complexity index is 479. The molecule has 0 amide bonds. The van der Waals surface area contributed by atoms with Gasteiger partial charge in [0.25, 0.3) is 0 Å². The molecule has 1 spiro atoms. The van der Waals surface area contributed by atoms with Crippen molar-refractivity contribution in [1.29, 1.82) is 0 Å². The van der Waals surface area contributed by atoms with E-state index in [1.54, 1.807) is 0 Å². The highest BCUT2D eigenvalue weighted by atomic mass is 16.5. The summed E-state index contributed by atoms with van der Waals surface area (Å²) >= 11 is 0. The van der Waals surface area contributed by atoms with Crippen molar-refractivity contribution < 1.29 is 9.84 Å². The van der Waals surface area contributed by atoms with E-state index in [1.165, 1.54) is 5.56 Å². The summed E-state index contributed by atoms with van der Waals surface area (Å²) in [5.74, 6) is 0. The monoisotopic (exact) mass is 289 g/mol. The second-order valence-corrected chi connectivity index (χ2v) is 7.01. The quantitative estimate of drug-likeness (QED) is 0.908. The van der Waals surface area contributed by atoms with Crippen LogP contribution in [0.25, 0.3) is 0 Å². The van der Waals surface area contributed by atoms with E-state index in [4.69, 9.17) is 4.74 Å². The molecule has 2 heterocycles. The summed E-state index contributed by atoms with van der Waals surface area (Å²) in [4.78, 5) is 2.37. The number of hydrogen-bond acceptors (Lipinski definition) is 3. The number of benzene rings is 1. The Morgan fingerprint density at radius 3 is 2.43 bits per heavy atom. The molecule has 0 bridgehead atoms. The Balaban J connectivity index is 1.95. The fourth-order valence-electron chi connectivity index (χ4n) is 4.33. The van der Waals surface area contributed by atoms with E-state index in [0.717, 1.165) is 32.4 Å². The average molecular weight is 289 g/mol. The zero-order chi connectivity index (χ0) is 15.1. The van der Waals surface area contributed by atoms with E-state index in [0.29, 0.717) is 0 Å². The van der Waals surface area contributed by atoms with Crippen LogP contribution in [0.2, 0.25) is 0 Å². The molecule has 2 saturated heterocycles.